The van der Waals surface area contributed by atoms with E-state index in [0.29, 0.717) is 6.42 Å². The predicted molar refractivity (Wildman–Crippen MR) is 82.3 cm³/mol. The molecule has 2 saturated heterocycles. The van der Waals surface area contributed by atoms with Gasteiger partial charge in [-0.25, -0.2) is 0 Å². The molecule has 5 heteroatoms. The SMILES string of the molecule is CCCC(C)(NC1CCOC2(CCSCC2)C1)C(=O)O. The second kappa shape index (κ2) is 6.67. The normalized spacial score (nSPS) is 29.0. The van der Waals surface area contributed by atoms with E-state index in [9.17, 15) is 9.90 Å². The summed E-state index contributed by atoms with van der Waals surface area (Å²) < 4.78 is 6.07. The first kappa shape index (κ1) is 16.1. The largest absolute Gasteiger partial charge is 0.480 e. The zero-order valence-corrected chi connectivity index (χ0v) is 13.4. The number of carboxylic acids is 1. The van der Waals surface area contributed by atoms with E-state index in [-0.39, 0.29) is 11.6 Å². The first-order valence-corrected chi connectivity index (χ1v) is 8.88. The summed E-state index contributed by atoms with van der Waals surface area (Å²) in [5.41, 5.74) is -0.797. The van der Waals surface area contributed by atoms with Gasteiger partial charge in [0, 0.05) is 12.6 Å². The van der Waals surface area contributed by atoms with Crippen molar-refractivity contribution in [3.05, 3.63) is 0 Å². The van der Waals surface area contributed by atoms with Crippen LogP contribution < -0.4 is 5.32 Å². The summed E-state index contributed by atoms with van der Waals surface area (Å²) in [4.78, 5) is 11.6. The third-order valence-electron chi connectivity index (χ3n) is 4.64. The standard InChI is InChI=1S/C15H27NO3S/c1-3-5-14(2,13(17)18)16-12-4-8-19-15(11-12)6-9-20-10-7-15/h12,16H,3-11H2,1-2H3,(H,17,18). The Bertz CT molecular complexity index is 339. The fraction of sp³-hybridized carbons (Fsp3) is 0.933. The molecule has 0 radical (unpaired) electrons. The Morgan fingerprint density at radius 1 is 1.50 bits per heavy atom. The van der Waals surface area contributed by atoms with E-state index >= 15 is 0 Å². The van der Waals surface area contributed by atoms with E-state index in [1.165, 1.54) is 0 Å². The Kier molecular flexibility index (Phi) is 5.37. The van der Waals surface area contributed by atoms with Gasteiger partial charge in [-0.3, -0.25) is 10.1 Å². The first-order valence-electron chi connectivity index (χ1n) is 7.72. The van der Waals surface area contributed by atoms with Crippen LogP contribution in [0.3, 0.4) is 0 Å². The Labute approximate surface area is 126 Å². The lowest BCUT2D eigenvalue weighted by atomic mass is 9.84. The number of rotatable bonds is 5. The van der Waals surface area contributed by atoms with Crippen molar-refractivity contribution in [2.75, 3.05) is 18.1 Å². The molecule has 2 aliphatic rings. The molecular weight excluding hydrogens is 274 g/mol. The van der Waals surface area contributed by atoms with Crippen molar-refractivity contribution < 1.29 is 14.6 Å². The monoisotopic (exact) mass is 301 g/mol. The maximum atomic E-state index is 11.6. The van der Waals surface area contributed by atoms with E-state index in [1.54, 1.807) is 0 Å². The second-order valence-corrected chi connectivity index (χ2v) is 7.59. The number of thioether (sulfide) groups is 1. The van der Waals surface area contributed by atoms with Crippen LogP contribution >= 0.6 is 11.8 Å². The molecule has 116 valence electrons. The molecule has 0 amide bonds. The van der Waals surface area contributed by atoms with Crippen LogP contribution in [0.1, 0.15) is 52.4 Å². The number of hydrogen-bond acceptors (Lipinski definition) is 4. The molecule has 20 heavy (non-hydrogen) atoms. The van der Waals surface area contributed by atoms with Gasteiger partial charge < -0.3 is 9.84 Å². The Hall–Kier alpha value is -0.260. The van der Waals surface area contributed by atoms with Gasteiger partial charge in [0.25, 0.3) is 0 Å². The highest BCUT2D eigenvalue weighted by Crippen LogP contribution is 2.38. The van der Waals surface area contributed by atoms with Crippen LogP contribution in [0.25, 0.3) is 0 Å². The summed E-state index contributed by atoms with van der Waals surface area (Å²) in [6.45, 7) is 4.61. The van der Waals surface area contributed by atoms with E-state index in [1.807, 2.05) is 25.6 Å². The predicted octanol–water partition coefficient (Wildman–Crippen LogP) is 2.66. The molecule has 0 aliphatic carbocycles. The maximum Gasteiger partial charge on any atom is 0.323 e. The maximum absolute atomic E-state index is 11.6. The quantitative estimate of drug-likeness (QED) is 0.817. The fourth-order valence-electron chi connectivity index (χ4n) is 3.43. The lowest BCUT2D eigenvalue weighted by Crippen LogP contribution is -2.58. The molecule has 2 unspecified atom stereocenters. The Balaban J connectivity index is 1.99. The van der Waals surface area contributed by atoms with Crippen molar-refractivity contribution in [1.29, 1.82) is 0 Å². The minimum absolute atomic E-state index is 0.00674. The van der Waals surface area contributed by atoms with Crippen LogP contribution in [0.4, 0.5) is 0 Å². The molecule has 0 aromatic rings. The van der Waals surface area contributed by atoms with Crippen LogP contribution in [0.5, 0.6) is 0 Å². The van der Waals surface area contributed by atoms with Gasteiger partial charge in [0.15, 0.2) is 0 Å². The van der Waals surface area contributed by atoms with Crippen LogP contribution in [-0.2, 0) is 9.53 Å². The molecule has 2 aliphatic heterocycles. The summed E-state index contributed by atoms with van der Waals surface area (Å²) in [6, 6.07) is 0.263. The number of carboxylic acid groups (broad SMARTS) is 1. The topological polar surface area (TPSA) is 58.6 Å². The van der Waals surface area contributed by atoms with Crippen LogP contribution in [0.2, 0.25) is 0 Å². The molecule has 1 spiro atoms. The van der Waals surface area contributed by atoms with Gasteiger partial charge >= 0.3 is 5.97 Å². The third-order valence-corrected chi connectivity index (χ3v) is 5.63. The molecule has 0 aromatic heterocycles. The van der Waals surface area contributed by atoms with Gasteiger partial charge in [0.05, 0.1) is 5.60 Å². The van der Waals surface area contributed by atoms with Crippen molar-refractivity contribution in [2.45, 2.75) is 69.6 Å². The molecule has 2 heterocycles. The van der Waals surface area contributed by atoms with Crippen molar-refractivity contribution in [3.63, 3.8) is 0 Å². The number of hydrogen-bond donors (Lipinski definition) is 2. The summed E-state index contributed by atoms with van der Waals surface area (Å²) in [5, 5.41) is 12.9. The van der Waals surface area contributed by atoms with Gasteiger partial charge in [-0.15, -0.1) is 0 Å². The first-order chi connectivity index (χ1) is 9.50. The van der Waals surface area contributed by atoms with Crippen LogP contribution in [-0.4, -0.2) is 46.4 Å². The summed E-state index contributed by atoms with van der Waals surface area (Å²) in [6.07, 6.45) is 5.63. The van der Waals surface area contributed by atoms with Crippen LogP contribution in [0, 0.1) is 0 Å². The number of ether oxygens (including phenoxy) is 1. The van der Waals surface area contributed by atoms with Gasteiger partial charge in [-0.05, 0) is 50.5 Å². The summed E-state index contributed by atoms with van der Waals surface area (Å²) in [5.74, 6) is 1.59. The zero-order chi connectivity index (χ0) is 14.6. The third kappa shape index (κ3) is 3.68. The molecule has 0 aromatic carbocycles. The average molecular weight is 301 g/mol. The van der Waals surface area contributed by atoms with Crippen molar-refractivity contribution in [1.82, 2.24) is 5.32 Å². The highest BCUT2D eigenvalue weighted by molar-refractivity contribution is 7.99. The van der Waals surface area contributed by atoms with E-state index < -0.39 is 11.5 Å². The second-order valence-electron chi connectivity index (χ2n) is 6.37. The molecule has 4 nitrogen and oxygen atoms in total. The van der Waals surface area contributed by atoms with E-state index in [4.69, 9.17) is 4.74 Å². The highest BCUT2D eigenvalue weighted by Gasteiger charge is 2.42. The molecule has 2 rings (SSSR count). The molecule has 2 fully saturated rings. The van der Waals surface area contributed by atoms with Gasteiger partial charge in [0.1, 0.15) is 5.54 Å². The highest BCUT2D eigenvalue weighted by atomic mass is 32.2. The Morgan fingerprint density at radius 3 is 2.80 bits per heavy atom. The van der Waals surface area contributed by atoms with Crippen molar-refractivity contribution >= 4 is 17.7 Å². The van der Waals surface area contributed by atoms with Crippen molar-refractivity contribution in [2.24, 2.45) is 0 Å². The minimum Gasteiger partial charge on any atom is -0.480 e. The number of nitrogens with one attached hydrogen (secondary N) is 1. The van der Waals surface area contributed by atoms with E-state index in [0.717, 1.165) is 50.2 Å². The van der Waals surface area contributed by atoms with Gasteiger partial charge in [0.2, 0.25) is 0 Å². The van der Waals surface area contributed by atoms with Gasteiger partial charge in [-0.1, -0.05) is 13.3 Å². The van der Waals surface area contributed by atoms with E-state index in [2.05, 4.69) is 5.32 Å². The number of carbonyl (C=O) groups is 1. The average Bonchev–Trinajstić information content (AvgIpc) is 2.39. The van der Waals surface area contributed by atoms with Crippen molar-refractivity contribution in [3.8, 4) is 0 Å². The Morgan fingerprint density at radius 2 is 2.20 bits per heavy atom. The molecule has 0 saturated carbocycles. The summed E-state index contributed by atoms with van der Waals surface area (Å²) in [7, 11) is 0. The van der Waals surface area contributed by atoms with Crippen LogP contribution in [0.15, 0.2) is 0 Å². The number of aliphatic carboxylic acids is 1. The molecule has 2 N–H and O–H groups in total. The lowest BCUT2D eigenvalue weighted by Gasteiger charge is -2.45. The lowest BCUT2D eigenvalue weighted by molar-refractivity contribution is -0.146. The van der Waals surface area contributed by atoms with Gasteiger partial charge in [-0.2, -0.15) is 11.8 Å². The smallest absolute Gasteiger partial charge is 0.323 e. The fourth-order valence-corrected chi connectivity index (χ4v) is 4.67. The molecule has 0 bridgehead atoms. The molecular formula is C15H27NO3S. The zero-order valence-electron chi connectivity index (χ0n) is 12.6. The summed E-state index contributed by atoms with van der Waals surface area (Å²) >= 11 is 2.00. The minimum atomic E-state index is -0.804. The molecule has 2 atom stereocenters.